The van der Waals surface area contributed by atoms with Gasteiger partial charge in [-0.25, -0.2) is 32.2 Å². The Morgan fingerprint density at radius 2 is 1.68 bits per heavy atom. The SMILES string of the molecule is Cc1nonc1C(=O)N[C@H](c1cn2ccc([C@H](NC(=O)C[C@H]3CC3(F)F)C3CC3)nc2n1)C1CCC(F)(F)CC1. The number of carbonyl (C=O) groups is 2. The van der Waals surface area contributed by atoms with Crippen LogP contribution in [0.1, 0.15) is 91.0 Å². The molecule has 2 N–H and O–H groups in total. The van der Waals surface area contributed by atoms with Crippen LogP contribution in [0.5, 0.6) is 0 Å². The topological polar surface area (TPSA) is 127 Å². The first-order valence-electron chi connectivity index (χ1n) is 13.5. The number of rotatable bonds is 9. The van der Waals surface area contributed by atoms with E-state index in [0.29, 0.717) is 22.9 Å². The van der Waals surface area contributed by atoms with Crippen molar-refractivity contribution >= 4 is 17.6 Å². The van der Waals surface area contributed by atoms with Crippen molar-refractivity contribution in [3.63, 3.8) is 0 Å². The second kappa shape index (κ2) is 9.81. The van der Waals surface area contributed by atoms with Crippen molar-refractivity contribution in [1.82, 2.24) is 35.3 Å². The predicted octanol–water partition coefficient (Wildman–Crippen LogP) is 4.33. The van der Waals surface area contributed by atoms with Gasteiger partial charge in [-0.05, 0) is 55.7 Å². The molecule has 40 heavy (non-hydrogen) atoms. The predicted molar refractivity (Wildman–Crippen MR) is 130 cm³/mol. The maximum Gasteiger partial charge on any atom is 0.276 e. The molecule has 3 saturated carbocycles. The lowest BCUT2D eigenvalue weighted by atomic mass is 9.81. The van der Waals surface area contributed by atoms with Crippen LogP contribution in [0, 0.1) is 24.7 Å². The van der Waals surface area contributed by atoms with Crippen LogP contribution >= 0.6 is 0 Å². The summed E-state index contributed by atoms with van der Waals surface area (Å²) in [4.78, 5) is 34.8. The van der Waals surface area contributed by atoms with E-state index in [1.54, 1.807) is 29.8 Å². The molecule has 3 atom stereocenters. The number of carbonyl (C=O) groups excluding carboxylic acids is 2. The van der Waals surface area contributed by atoms with Crippen molar-refractivity contribution in [2.45, 2.75) is 82.2 Å². The molecule has 0 unspecified atom stereocenters. The second-order valence-electron chi connectivity index (χ2n) is 11.3. The van der Waals surface area contributed by atoms with Gasteiger partial charge in [0.05, 0.1) is 23.5 Å². The molecule has 0 aliphatic heterocycles. The van der Waals surface area contributed by atoms with Gasteiger partial charge in [0.25, 0.3) is 11.8 Å². The van der Waals surface area contributed by atoms with Crippen molar-refractivity contribution in [3.8, 4) is 0 Å². The number of halogens is 4. The van der Waals surface area contributed by atoms with Gasteiger partial charge in [-0.3, -0.25) is 14.0 Å². The Balaban J connectivity index is 1.25. The molecule has 3 fully saturated rings. The molecule has 0 aromatic carbocycles. The Hall–Kier alpha value is -3.58. The van der Waals surface area contributed by atoms with E-state index in [1.165, 1.54) is 0 Å². The summed E-state index contributed by atoms with van der Waals surface area (Å²) in [5.41, 5.74) is 1.31. The van der Waals surface area contributed by atoms with Gasteiger partial charge < -0.3 is 10.6 Å². The molecule has 0 saturated heterocycles. The lowest BCUT2D eigenvalue weighted by molar-refractivity contribution is -0.123. The van der Waals surface area contributed by atoms with Crippen molar-refractivity contribution in [3.05, 3.63) is 41.2 Å². The van der Waals surface area contributed by atoms with E-state index >= 15 is 0 Å². The number of nitrogens with zero attached hydrogens (tertiary/aromatic N) is 5. The molecule has 0 spiro atoms. The molecule has 3 aliphatic rings. The molecule has 0 bridgehead atoms. The van der Waals surface area contributed by atoms with E-state index in [9.17, 15) is 27.2 Å². The quantitative estimate of drug-likeness (QED) is 0.371. The number of aryl methyl sites for hydroxylation is 1. The highest BCUT2D eigenvalue weighted by Crippen LogP contribution is 2.51. The van der Waals surface area contributed by atoms with Gasteiger partial charge in [-0.15, -0.1) is 0 Å². The average Bonchev–Trinajstić information content (AvgIpc) is 3.72. The van der Waals surface area contributed by atoms with Gasteiger partial charge in [0.15, 0.2) is 5.69 Å². The smallest absolute Gasteiger partial charge is 0.276 e. The third kappa shape index (κ3) is 5.52. The van der Waals surface area contributed by atoms with E-state index in [1.807, 2.05) is 0 Å². The van der Waals surface area contributed by atoms with Gasteiger partial charge >= 0.3 is 0 Å². The first-order valence-corrected chi connectivity index (χ1v) is 13.5. The minimum Gasteiger partial charge on any atom is -0.347 e. The van der Waals surface area contributed by atoms with Gasteiger partial charge in [0, 0.05) is 44.0 Å². The lowest BCUT2D eigenvalue weighted by Crippen LogP contribution is -2.37. The molecular weight excluding hydrogens is 534 g/mol. The summed E-state index contributed by atoms with van der Waals surface area (Å²) in [6, 6.07) is 0.625. The average molecular weight is 564 g/mol. The summed E-state index contributed by atoms with van der Waals surface area (Å²) in [6.45, 7) is 1.57. The van der Waals surface area contributed by atoms with Crippen LogP contribution in [0.3, 0.4) is 0 Å². The Kier molecular flexibility index (Phi) is 6.53. The zero-order chi connectivity index (χ0) is 28.2. The van der Waals surface area contributed by atoms with Gasteiger partial charge in [0.2, 0.25) is 17.6 Å². The van der Waals surface area contributed by atoms with Crippen LogP contribution in [0.15, 0.2) is 23.1 Å². The summed E-state index contributed by atoms with van der Waals surface area (Å²) in [5.74, 6) is -7.25. The number of hydrogen-bond acceptors (Lipinski definition) is 7. The molecule has 214 valence electrons. The zero-order valence-electron chi connectivity index (χ0n) is 21.7. The molecule has 10 nitrogen and oxygen atoms in total. The molecule has 3 aromatic rings. The Morgan fingerprint density at radius 1 is 1.02 bits per heavy atom. The molecule has 3 heterocycles. The number of nitrogens with one attached hydrogen (secondary N) is 2. The number of amides is 2. The van der Waals surface area contributed by atoms with Crippen LogP contribution in [-0.4, -0.2) is 48.3 Å². The minimum atomic E-state index is -2.76. The lowest BCUT2D eigenvalue weighted by Gasteiger charge is -2.33. The summed E-state index contributed by atoms with van der Waals surface area (Å²) >= 11 is 0. The van der Waals surface area contributed by atoms with Crippen LogP contribution < -0.4 is 10.6 Å². The standard InChI is InChI=1S/C26H29F4N7O3/c1-13-20(36-40-35-13)23(39)34-22(15-4-7-25(27,28)8-5-15)18-12-37-9-6-17(31-24(37)32-18)21(14-2-3-14)33-19(38)10-16-11-26(16,29)30/h6,9,12,14-16,21-22H,2-5,7-8,10-11H2,1H3,(H,33,38)(H,34,39)/t16-,21+,22-/m0/s1. The van der Waals surface area contributed by atoms with Crippen molar-refractivity contribution in [2.24, 2.45) is 17.8 Å². The molecule has 0 radical (unpaired) electrons. The van der Waals surface area contributed by atoms with Crippen LogP contribution in [0.25, 0.3) is 5.78 Å². The minimum absolute atomic E-state index is 0.00212. The largest absolute Gasteiger partial charge is 0.347 e. The van der Waals surface area contributed by atoms with Gasteiger partial charge in [-0.2, -0.15) is 0 Å². The fourth-order valence-corrected chi connectivity index (χ4v) is 5.51. The number of aromatic nitrogens is 5. The maximum atomic E-state index is 13.9. The van der Waals surface area contributed by atoms with Gasteiger partial charge in [0.1, 0.15) is 5.69 Å². The Bertz CT molecular complexity index is 1430. The normalized spacial score (nSPS) is 23.5. The zero-order valence-corrected chi connectivity index (χ0v) is 21.7. The fourth-order valence-electron chi connectivity index (χ4n) is 5.51. The highest BCUT2D eigenvalue weighted by molar-refractivity contribution is 5.93. The first kappa shape index (κ1) is 26.6. The maximum absolute atomic E-state index is 13.9. The van der Waals surface area contributed by atoms with Crippen molar-refractivity contribution in [1.29, 1.82) is 0 Å². The molecular formula is C26H29F4N7O3. The fraction of sp³-hybridized carbons (Fsp3) is 0.615. The number of fused-ring (bicyclic) bond motifs is 1. The highest BCUT2D eigenvalue weighted by atomic mass is 19.3. The number of hydrogen-bond donors (Lipinski definition) is 2. The Morgan fingerprint density at radius 3 is 2.30 bits per heavy atom. The number of imidazole rings is 1. The molecule has 2 amide bonds. The first-order chi connectivity index (χ1) is 19.0. The molecule has 14 heteroatoms. The summed E-state index contributed by atoms with van der Waals surface area (Å²) < 4.78 is 60.8. The number of alkyl halides is 4. The van der Waals surface area contributed by atoms with E-state index in [4.69, 9.17) is 0 Å². The van der Waals surface area contributed by atoms with Gasteiger partial charge in [-0.1, -0.05) is 5.16 Å². The van der Waals surface area contributed by atoms with Crippen molar-refractivity contribution in [2.75, 3.05) is 0 Å². The monoisotopic (exact) mass is 563 g/mol. The molecule has 3 aliphatic carbocycles. The second-order valence-corrected chi connectivity index (χ2v) is 11.3. The van der Waals surface area contributed by atoms with E-state index in [0.717, 1.165) is 12.8 Å². The highest BCUT2D eigenvalue weighted by Gasteiger charge is 2.57. The van der Waals surface area contributed by atoms with E-state index in [-0.39, 0.29) is 56.1 Å². The third-order valence-corrected chi connectivity index (χ3v) is 8.19. The third-order valence-electron chi connectivity index (χ3n) is 8.19. The molecule has 3 aromatic heterocycles. The summed E-state index contributed by atoms with van der Waals surface area (Å²) in [6.07, 6.45) is 4.49. The van der Waals surface area contributed by atoms with E-state index in [2.05, 4.69) is 35.5 Å². The van der Waals surface area contributed by atoms with E-state index < -0.39 is 41.7 Å². The van der Waals surface area contributed by atoms with Crippen LogP contribution in [0.4, 0.5) is 17.6 Å². The molecule has 6 rings (SSSR count). The summed E-state index contributed by atoms with van der Waals surface area (Å²) in [7, 11) is 0. The summed E-state index contributed by atoms with van der Waals surface area (Å²) in [5, 5.41) is 13.1. The van der Waals surface area contributed by atoms with Crippen molar-refractivity contribution < 1.29 is 31.8 Å². The Labute approximate surface area is 226 Å². The van der Waals surface area contributed by atoms with Crippen LogP contribution in [-0.2, 0) is 4.79 Å². The van der Waals surface area contributed by atoms with Crippen LogP contribution in [0.2, 0.25) is 0 Å².